The van der Waals surface area contributed by atoms with Gasteiger partial charge in [0.1, 0.15) is 17.7 Å². The Morgan fingerprint density at radius 1 is 1.06 bits per heavy atom. The van der Waals surface area contributed by atoms with Crippen molar-refractivity contribution in [3.05, 3.63) is 43.9 Å². The maximum absolute atomic E-state index is 15.5. The second-order valence-corrected chi connectivity index (χ2v) is 14.7. The zero-order chi connectivity index (χ0) is 35.6. The molecule has 6 rings (SSSR count). The van der Waals surface area contributed by atoms with Gasteiger partial charge in [0.05, 0.1) is 32.4 Å². The van der Waals surface area contributed by atoms with Crippen LogP contribution in [-0.4, -0.2) is 87.0 Å². The van der Waals surface area contributed by atoms with Crippen LogP contribution in [0.15, 0.2) is 16.9 Å². The number of aromatic nitrogens is 3. The third-order valence-electron chi connectivity index (χ3n) is 9.40. The molecule has 11 nitrogen and oxygen atoms in total. The lowest BCUT2D eigenvalue weighted by atomic mass is 9.95. The standard InChI is InChI=1S/C32H37Cl2F4N7O4/c1-17-15-42(29(47)49-30(2,3)4)11-12-44(17)26-21-13-18(32(36,37)38)22(23-24(35)19(33)14-20(34)25(23)39)27(46)45(21)41-28(40-26)48-16-31-7-5-9-43(31)10-6-8-31/h13-14,17H,5-12,15-16,39H2,1-4H3/t17-/m0/s1. The number of halogens is 6. The van der Waals surface area contributed by atoms with Crippen LogP contribution in [0, 0.1) is 5.82 Å². The van der Waals surface area contributed by atoms with Crippen molar-refractivity contribution in [3.8, 4) is 17.1 Å². The first-order valence-corrected chi connectivity index (χ1v) is 16.8. The smallest absolute Gasteiger partial charge is 0.417 e. The Bertz CT molecular complexity index is 1830. The number of hydrogen-bond acceptors (Lipinski definition) is 9. The number of nitrogens with zero attached hydrogens (tertiary/aromatic N) is 6. The zero-order valence-electron chi connectivity index (χ0n) is 27.5. The van der Waals surface area contributed by atoms with Crippen LogP contribution in [0.4, 0.5) is 33.9 Å². The van der Waals surface area contributed by atoms with Crippen LogP contribution in [0.25, 0.3) is 16.6 Å². The van der Waals surface area contributed by atoms with Gasteiger partial charge in [-0.2, -0.15) is 22.7 Å². The molecular formula is C32H37Cl2F4N7O4. The fraction of sp³-hybridized carbons (Fsp3) is 0.562. The van der Waals surface area contributed by atoms with E-state index in [0.29, 0.717) is 6.07 Å². The lowest BCUT2D eigenvalue weighted by molar-refractivity contribution is -0.137. The van der Waals surface area contributed by atoms with Gasteiger partial charge in [-0.3, -0.25) is 9.69 Å². The molecule has 1 atom stereocenters. The molecule has 49 heavy (non-hydrogen) atoms. The summed E-state index contributed by atoms with van der Waals surface area (Å²) < 4.78 is 72.3. The summed E-state index contributed by atoms with van der Waals surface area (Å²) in [6, 6.07) is 0.895. The van der Waals surface area contributed by atoms with E-state index in [1.165, 1.54) is 4.90 Å². The highest BCUT2D eigenvalue weighted by Gasteiger charge is 2.45. The first kappa shape index (κ1) is 35.3. The molecule has 0 radical (unpaired) electrons. The summed E-state index contributed by atoms with van der Waals surface area (Å²) in [5.41, 5.74) is -0.696. The number of anilines is 2. The van der Waals surface area contributed by atoms with Crippen molar-refractivity contribution in [1.82, 2.24) is 24.4 Å². The summed E-state index contributed by atoms with van der Waals surface area (Å²) in [5.74, 6) is -1.37. The van der Waals surface area contributed by atoms with Gasteiger partial charge in [-0.25, -0.2) is 9.18 Å². The molecule has 17 heteroatoms. The Morgan fingerprint density at radius 2 is 1.73 bits per heavy atom. The van der Waals surface area contributed by atoms with Crippen LogP contribution >= 0.6 is 23.2 Å². The van der Waals surface area contributed by atoms with Crippen LogP contribution < -0.4 is 20.9 Å². The Kier molecular flexibility index (Phi) is 9.10. The Morgan fingerprint density at radius 3 is 2.35 bits per heavy atom. The molecule has 0 saturated carbocycles. The van der Waals surface area contributed by atoms with Crippen molar-refractivity contribution in [2.45, 2.75) is 76.7 Å². The number of fused-ring (bicyclic) bond motifs is 2. The highest BCUT2D eigenvalue weighted by Crippen LogP contribution is 2.44. The summed E-state index contributed by atoms with van der Waals surface area (Å²) in [7, 11) is 0. The van der Waals surface area contributed by atoms with Gasteiger partial charge < -0.3 is 25.0 Å². The summed E-state index contributed by atoms with van der Waals surface area (Å²) in [4.78, 5) is 37.2. The number of nitrogen functional groups attached to an aromatic ring is 1. The van der Waals surface area contributed by atoms with Crippen molar-refractivity contribution in [3.63, 3.8) is 0 Å². The van der Waals surface area contributed by atoms with Crippen molar-refractivity contribution in [2.75, 3.05) is 50.0 Å². The molecule has 3 saturated heterocycles. The van der Waals surface area contributed by atoms with Gasteiger partial charge in [-0.15, -0.1) is 5.10 Å². The lowest BCUT2D eigenvalue weighted by Crippen LogP contribution is -2.55. The number of benzene rings is 1. The SMILES string of the molecule is C[C@H]1CN(C(=O)OC(C)(C)C)CCN1c1nc(OCC23CCCN2CCC3)nn2c(=O)c(-c3c(N)c(Cl)cc(Cl)c3F)c(C(F)(F)F)cc12. The van der Waals surface area contributed by atoms with E-state index in [4.69, 9.17) is 38.4 Å². The largest absolute Gasteiger partial charge is 0.460 e. The van der Waals surface area contributed by atoms with Crippen molar-refractivity contribution >= 4 is 46.3 Å². The average Bonchev–Trinajstić information content (AvgIpc) is 3.59. The number of ether oxygens (including phenoxy) is 2. The molecule has 1 amide bonds. The second kappa shape index (κ2) is 12.6. The summed E-state index contributed by atoms with van der Waals surface area (Å²) in [6.45, 7) is 9.49. The predicted molar refractivity (Wildman–Crippen MR) is 177 cm³/mol. The number of hydrogen-bond donors (Lipinski definition) is 1. The fourth-order valence-electron chi connectivity index (χ4n) is 7.13. The number of carbonyl (C=O) groups excluding carboxylic acids is 1. The van der Waals surface area contributed by atoms with Gasteiger partial charge in [0.2, 0.25) is 0 Å². The zero-order valence-corrected chi connectivity index (χ0v) is 29.0. The first-order valence-electron chi connectivity index (χ1n) is 16.0. The van der Waals surface area contributed by atoms with E-state index in [1.807, 2.05) is 0 Å². The minimum atomic E-state index is -5.15. The number of carbonyl (C=O) groups is 1. The van der Waals surface area contributed by atoms with Crippen LogP contribution in [0.3, 0.4) is 0 Å². The van der Waals surface area contributed by atoms with Gasteiger partial charge >= 0.3 is 18.3 Å². The van der Waals surface area contributed by atoms with Crippen LogP contribution in [0.2, 0.25) is 10.0 Å². The van der Waals surface area contributed by atoms with Gasteiger partial charge in [-0.05, 0) is 78.6 Å². The lowest BCUT2D eigenvalue weighted by Gasteiger charge is -2.41. The van der Waals surface area contributed by atoms with Crippen LogP contribution in [-0.2, 0) is 10.9 Å². The van der Waals surface area contributed by atoms with Crippen LogP contribution in [0.1, 0.15) is 58.9 Å². The van der Waals surface area contributed by atoms with Gasteiger partial charge in [-0.1, -0.05) is 23.2 Å². The number of piperazine rings is 1. The predicted octanol–water partition coefficient (Wildman–Crippen LogP) is 6.26. The van der Waals surface area contributed by atoms with E-state index in [2.05, 4.69) is 15.0 Å². The van der Waals surface area contributed by atoms with E-state index >= 15 is 4.39 Å². The molecule has 3 aromatic rings. The molecule has 0 spiro atoms. The third-order valence-corrected chi connectivity index (χ3v) is 9.99. The molecule has 0 unspecified atom stereocenters. The van der Waals surface area contributed by atoms with Crippen LogP contribution in [0.5, 0.6) is 6.01 Å². The quantitative estimate of drug-likeness (QED) is 0.185. The highest BCUT2D eigenvalue weighted by molar-refractivity contribution is 6.37. The number of nitrogens with two attached hydrogens (primary N) is 1. The molecule has 2 aromatic heterocycles. The normalized spacial score (nSPS) is 19.8. The molecule has 1 aromatic carbocycles. The topological polar surface area (TPSA) is 119 Å². The summed E-state index contributed by atoms with van der Waals surface area (Å²) in [6.07, 6.45) is -1.92. The average molecular weight is 731 g/mol. The van der Waals surface area contributed by atoms with E-state index < -0.39 is 62.7 Å². The molecule has 3 aliphatic rings. The molecule has 0 bridgehead atoms. The third kappa shape index (κ3) is 6.56. The van der Waals surface area contributed by atoms with Gasteiger partial charge in [0, 0.05) is 31.2 Å². The molecule has 5 heterocycles. The maximum Gasteiger partial charge on any atom is 0.417 e. The summed E-state index contributed by atoms with van der Waals surface area (Å²) >= 11 is 12.1. The maximum atomic E-state index is 15.5. The van der Waals surface area contributed by atoms with Crippen molar-refractivity contribution < 1.29 is 31.8 Å². The van der Waals surface area contributed by atoms with Gasteiger partial charge in [0.15, 0.2) is 11.6 Å². The highest BCUT2D eigenvalue weighted by atomic mass is 35.5. The number of rotatable bonds is 5. The molecule has 3 aliphatic heterocycles. The first-order chi connectivity index (χ1) is 22.9. The molecule has 0 aliphatic carbocycles. The second-order valence-electron chi connectivity index (χ2n) is 13.9. The number of pyridine rings is 1. The monoisotopic (exact) mass is 729 g/mol. The van der Waals surface area contributed by atoms with Crippen molar-refractivity contribution in [2.24, 2.45) is 0 Å². The minimum Gasteiger partial charge on any atom is -0.460 e. The molecule has 3 fully saturated rings. The van der Waals surface area contributed by atoms with E-state index in [0.717, 1.165) is 49.4 Å². The number of amides is 1. The fourth-order valence-corrected chi connectivity index (χ4v) is 7.59. The Labute approximate surface area is 289 Å². The number of alkyl halides is 3. The van der Waals surface area contributed by atoms with E-state index in [1.54, 1.807) is 32.6 Å². The van der Waals surface area contributed by atoms with Crippen molar-refractivity contribution in [1.29, 1.82) is 0 Å². The molecule has 2 N–H and O–H groups in total. The van der Waals surface area contributed by atoms with Gasteiger partial charge in [0.25, 0.3) is 5.56 Å². The Balaban J connectivity index is 1.52. The molecular weight excluding hydrogens is 693 g/mol. The summed E-state index contributed by atoms with van der Waals surface area (Å²) in [5, 5.41) is 3.32. The Hall–Kier alpha value is -3.56. The van der Waals surface area contributed by atoms with E-state index in [-0.39, 0.29) is 54.1 Å². The van der Waals surface area contributed by atoms with E-state index in [9.17, 15) is 22.8 Å². The molecule has 266 valence electrons. The minimum absolute atomic E-state index is 0.0275.